The topological polar surface area (TPSA) is 9.23 Å². The first-order chi connectivity index (χ1) is 10.2. The van der Waals surface area contributed by atoms with Crippen molar-refractivity contribution in [3.63, 3.8) is 0 Å². The van der Waals surface area contributed by atoms with Gasteiger partial charge in [-0.25, -0.2) is 0 Å². The molecule has 4 fully saturated rings. The smallest absolute Gasteiger partial charge is 0.0725 e. The third-order valence-electron chi connectivity index (χ3n) is 6.66. The van der Waals surface area contributed by atoms with E-state index in [0.717, 1.165) is 31.0 Å². The Morgan fingerprint density at radius 1 is 0.952 bits per heavy atom. The average molecular weight is 303 g/mol. The molecule has 1 heterocycles. The van der Waals surface area contributed by atoms with Gasteiger partial charge in [0.25, 0.3) is 0 Å². The van der Waals surface area contributed by atoms with Crippen LogP contribution in [0, 0.1) is 23.2 Å². The molecule has 6 rings (SSSR count). The fourth-order valence-corrected chi connectivity index (χ4v) is 6.59. The maximum atomic E-state index is 7.09. The summed E-state index contributed by atoms with van der Waals surface area (Å²) in [5.41, 5.74) is 4.46. The van der Waals surface area contributed by atoms with Crippen molar-refractivity contribution < 1.29 is 4.74 Å². The number of fused-ring (bicyclic) bond motifs is 1. The van der Waals surface area contributed by atoms with Gasteiger partial charge in [-0.05, 0) is 78.4 Å². The van der Waals surface area contributed by atoms with Gasteiger partial charge in [-0.15, -0.1) is 11.6 Å². The van der Waals surface area contributed by atoms with E-state index < -0.39 is 0 Å². The molecule has 0 amide bonds. The van der Waals surface area contributed by atoms with Crippen molar-refractivity contribution in [2.45, 2.75) is 57.1 Å². The zero-order chi connectivity index (χ0) is 14.0. The summed E-state index contributed by atoms with van der Waals surface area (Å²) in [5.74, 6) is 2.90. The summed E-state index contributed by atoms with van der Waals surface area (Å²) >= 11 is 7.09. The minimum atomic E-state index is 0.205. The zero-order valence-corrected chi connectivity index (χ0v) is 13.2. The third kappa shape index (κ3) is 1.93. The van der Waals surface area contributed by atoms with Gasteiger partial charge in [0.15, 0.2) is 0 Å². The van der Waals surface area contributed by atoms with Crippen LogP contribution in [0.3, 0.4) is 0 Å². The van der Waals surface area contributed by atoms with Crippen molar-refractivity contribution in [1.29, 1.82) is 0 Å². The van der Waals surface area contributed by atoms with E-state index >= 15 is 0 Å². The monoisotopic (exact) mass is 302 g/mol. The van der Waals surface area contributed by atoms with Crippen LogP contribution in [0.2, 0.25) is 0 Å². The van der Waals surface area contributed by atoms with Gasteiger partial charge in [0.2, 0.25) is 0 Å². The summed E-state index contributed by atoms with van der Waals surface area (Å²) in [5, 5.41) is 0.205. The predicted molar refractivity (Wildman–Crippen MR) is 84.1 cm³/mol. The third-order valence-corrected chi connectivity index (χ3v) is 7.38. The summed E-state index contributed by atoms with van der Waals surface area (Å²) in [6.07, 6.45) is 8.59. The molecular weight excluding hydrogens is 280 g/mol. The van der Waals surface area contributed by atoms with E-state index in [1.54, 1.807) is 0 Å². The van der Waals surface area contributed by atoms with Gasteiger partial charge >= 0.3 is 0 Å². The van der Waals surface area contributed by atoms with Crippen LogP contribution in [0.25, 0.3) is 0 Å². The molecule has 112 valence electrons. The van der Waals surface area contributed by atoms with Crippen LogP contribution in [0.5, 0.6) is 0 Å². The SMILES string of the molecule is ClC(c1ccc2c(c1)COC2)C12CC3CC(CC(C3)C1)C2. The molecule has 4 aliphatic carbocycles. The molecule has 0 radical (unpaired) electrons. The number of benzene rings is 1. The first-order valence-corrected chi connectivity index (χ1v) is 8.99. The van der Waals surface area contributed by atoms with E-state index in [2.05, 4.69) is 18.2 Å². The molecule has 0 spiro atoms. The predicted octanol–water partition coefficient (Wildman–Crippen LogP) is 5.21. The van der Waals surface area contributed by atoms with Gasteiger partial charge in [-0.1, -0.05) is 18.2 Å². The first kappa shape index (κ1) is 13.0. The average Bonchev–Trinajstić information content (AvgIpc) is 2.92. The number of hydrogen-bond acceptors (Lipinski definition) is 1. The molecule has 1 nitrogen and oxygen atoms in total. The molecule has 1 atom stereocenters. The van der Waals surface area contributed by atoms with Crippen molar-refractivity contribution in [1.82, 2.24) is 0 Å². The number of ether oxygens (including phenoxy) is 1. The second-order valence-electron chi connectivity index (χ2n) is 8.16. The van der Waals surface area contributed by atoms with Crippen LogP contribution in [-0.4, -0.2) is 0 Å². The lowest BCUT2D eigenvalue weighted by atomic mass is 9.48. The van der Waals surface area contributed by atoms with Crippen molar-refractivity contribution >= 4 is 11.6 Å². The minimum Gasteiger partial charge on any atom is -0.372 e. The Morgan fingerprint density at radius 3 is 2.24 bits per heavy atom. The highest BCUT2D eigenvalue weighted by molar-refractivity contribution is 6.21. The van der Waals surface area contributed by atoms with E-state index in [9.17, 15) is 0 Å². The molecule has 0 aromatic heterocycles. The molecule has 21 heavy (non-hydrogen) atoms. The maximum Gasteiger partial charge on any atom is 0.0725 e. The van der Waals surface area contributed by atoms with Gasteiger partial charge in [0.1, 0.15) is 0 Å². The molecule has 1 aromatic carbocycles. The molecule has 0 saturated heterocycles. The molecule has 4 bridgehead atoms. The van der Waals surface area contributed by atoms with Crippen LogP contribution in [0.15, 0.2) is 18.2 Å². The fraction of sp³-hybridized carbons (Fsp3) is 0.684. The van der Waals surface area contributed by atoms with Gasteiger partial charge in [-0.2, -0.15) is 0 Å². The quantitative estimate of drug-likeness (QED) is 0.681. The lowest BCUT2D eigenvalue weighted by molar-refractivity contribution is -0.0552. The fourth-order valence-electron chi connectivity index (χ4n) is 6.19. The highest BCUT2D eigenvalue weighted by Crippen LogP contribution is 2.65. The van der Waals surface area contributed by atoms with Gasteiger partial charge in [0.05, 0.1) is 18.6 Å². The van der Waals surface area contributed by atoms with Crippen LogP contribution in [-0.2, 0) is 18.0 Å². The molecule has 4 saturated carbocycles. The Bertz CT molecular complexity index is 544. The van der Waals surface area contributed by atoms with Gasteiger partial charge in [-0.3, -0.25) is 0 Å². The molecule has 1 aromatic rings. The second kappa shape index (κ2) is 4.49. The van der Waals surface area contributed by atoms with Gasteiger partial charge in [0, 0.05) is 0 Å². The molecular formula is C19H23ClO. The van der Waals surface area contributed by atoms with Crippen molar-refractivity contribution in [2.75, 3.05) is 0 Å². The van der Waals surface area contributed by atoms with Crippen LogP contribution in [0.4, 0.5) is 0 Å². The van der Waals surface area contributed by atoms with E-state index in [1.807, 2.05) is 0 Å². The molecule has 1 aliphatic heterocycles. The number of rotatable bonds is 2. The molecule has 1 unspecified atom stereocenters. The normalized spacial score (nSPS) is 41.3. The summed E-state index contributed by atoms with van der Waals surface area (Å²) < 4.78 is 5.56. The lowest BCUT2D eigenvalue weighted by Gasteiger charge is -2.58. The van der Waals surface area contributed by atoms with E-state index in [4.69, 9.17) is 16.3 Å². The summed E-state index contributed by atoms with van der Waals surface area (Å²) in [7, 11) is 0. The largest absolute Gasteiger partial charge is 0.372 e. The van der Waals surface area contributed by atoms with Crippen LogP contribution < -0.4 is 0 Å². The molecule has 5 aliphatic rings. The Kier molecular flexibility index (Phi) is 2.77. The Labute approximate surface area is 132 Å². The van der Waals surface area contributed by atoms with Crippen molar-refractivity contribution in [2.24, 2.45) is 23.2 Å². The van der Waals surface area contributed by atoms with E-state index in [0.29, 0.717) is 5.41 Å². The Balaban J connectivity index is 1.49. The lowest BCUT2D eigenvalue weighted by Crippen LogP contribution is -2.47. The van der Waals surface area contributed by atoms with Crippen LogP contribution >= 0.6 is 11.6 Å². The summed E-state index contributed by atoms with van der Waals surface area (Å²) in [6, 6.07) is 6.84. The Hall–Kier alpha value is -0.530. The number of halogens is 1. The summed E-state index contributed by atoms with van der Waals surface area (Å²) in [6.45, 7) is 1.55. The van der Waals surface area contributed by atoms with Crippen LogP contribution in [0.1, 0.15) is 60.6 Å². The maximum absolute atomic E-state index is 7.09. The van der Waals surface area contributed by atoms with E-state index in [1.165, 1.54) is 55.2 Å². The standard InChI is InChI=1S/C19H23ClO/c20-18(15-1-2-16-10-21-11-17(16)6-15)19-7-12-3-13(8-19)5-14(4-12)9-19/h1-2,6,12-14,18H,3-5,7-11H2. The van der Waals surface area contributed by atoms with Gasteiger partial charge < -0.3 is 4.74 Å². The number of hydrogen-bond donors (Lipinski definition) is 0. The van der Waals surface area contributed by atoms with E-state index in [-0.39, 0.29) is 5.38 Å². The zero-order valence-electron chi connectivity index (χ0n) is 12.5. The number of alkyl halides is 1. The first-order valence-electron chi connectivity index (χ1n) is 8.55. The molecule has 2 heteroatoms. The second-order valence-corrected chi connectivity index (χ2v) is 8.60. The molecule has 0 N–H and O–H groups in total. The van der Waals surface area contributed by atoms with Crippen molar-refractivity contribution in [3.05, 3.63) is 34.9 Å². The summed E-state index contributed by atoms with van der Waals surface area (Å²) in [4.78, 5) is 0. The highest BCUT2D eigenvalue weighted by Gasteiger charge is 2.54. The van der Waals surface area contributed by atoms with Crippen molar-refractivity contribution in [3.8, 4) is 0 Å². The highest BCUT2D eigenvalue weighted by atomic mass is 35.5. The minimum absolute atomic E-state index is 0.205. The Morgan fingerprint density at radius 2 is 1.57 bits per heavy atom.